The molecule has 0 bridgehead atoms. The third kappa shape index (κ3) is 2.57. The Morgan fingerprint density at radius 2 is 2.15 bits per heavy atom. The van der Waals surface area contributed by atoms with Gasteiger partial charge in [0.25, 0.3) is 5.91 Å². The number of carboxylic acid groups (broad SMARTS) is 1. The standard InChI is InChI=1S/C15H16FNO3/c1-9(2)6-7-17-14-10(4-3-5-12(14)16)11(15(17)20)8-13(18)19/h3-5,8-9H,6-7H2,1-2H3,(H,18,19)/b11-8+. The van der Waals surface area contributed by atoms with E-state index < -0.39 is 17.7 Å². The molecule has 1 amide bonds. The predicted octanol–water partition coefficient (Wildman–Crippen LogP) is 2.69. The zero-order chi connectivity index (χ0) is 14.9. The van der Waals surface area contributed by atoms with Crippen LogP contribution in [-0.2, 0) is 9.59 Å². The minimum absolute atomic E-state index is 0.0377. The molecule has 0 spiro atoms. The number of carboxylic acids is 1. The highest BCUT2D eigenvalue weighted by molar-refractivity contribution is 6.34. The van der Waals surface area contributed by atoms with Crippen molar-refractivity contribution in [3.05, 3.63) is 35.7 Å². The number of anilines is 1. The molecule has 1 aromatic rings. The van der Waals surface area contributed by atoms with Crippen LogP contribution in [0.5, 0.6) is 0 Å². The Morgan fingerprint density at radius 1 is 1.45 bits per heavy atom. The first-order valence-electron chi connectivity index (χ1n) is 6.47. The number of carbonyl (C=O) groups is 2. The lowest BCUT2D eigenvalue weighted by molar-refractivity contribution is -0.131. The second kappa shape index (κ2) is 5.45. The molecule has 20 heavy (non-hydrogen) atoms. The van der Waals surface area contributed by atoms with Crippen molar-refractivity contribution in [3.63, 3.8) is 0 Å². The molecular formula is C15H16FNO3. The quantitative estimate of drug-likeness (QED) is 0.861. The average Bonchev–Trinajstić information content (AvgIpc) is 2.61. The fraction of sp³-hybridized carbons (Fsp3) is 0.333. The van der Waals surface area contributed by atoms with Crippen molar-refractivity contribution in [2.45, 2.75) is 20.3 Å². The van der Waals surface area contributed by atoms with E-state index in [-0.39, 0.29) is 11.3 Å². The fourth-order valence-corrected chi connectivity index (χ4v) is 2.23. The maximum atomic E-state index is 14.0. The van der Waals surface area contributed by atoms with Gasteiger partial charge in [-0.2, -0.15) is 0 Å². The Morgan fingerprint density at radius 3 is 2.75 bits per heavy atom. The first-order valence-corrected chi connectivity index (χ1v) is 6.47. The third-order valence-electron chi connectivity index (χ3n) is 3.22. The number of hydrogen-bond donors (Lipinski definition) is 1. The fourth-order valence-electron chi connectivity index (χ4n) is 2.23. The number of aliphatic carboxylic acids is 1. The van der Waals surface area contributed by atoms with Gasteiger partial charge in [-0.25, -0.2) is 9.18 Å². The number of fused-ring (bicyclic) bond motifs is 1. The highest BCUT2D eigenvalue weighted by Gasteiger charge is 2.34. The monoisotopic (exact) mass is 277 g/mol. The summed E-state index contributed by atoms with van der Waals surface area (Å²) in [6.07, 6.45) is 1.57. The predicted molar refractivity (Wildman–Crippen MR) is 73.8 cm³/mol. The number of para-hydroxylation sites is 1. The van der Waals surface area contributed by atoms with Crippen LogP contribution in [0.25, 0.3) is 5.57 Å². The summed E-state index contributed by atoms with van der Waals surface area (Å²) in [7, 11) is 0. The van der Waals surface area contributed by atoms with Gasteiger partial charge in [0.15, 0.2) is 0 Å². The van der Waals surface area contributed by atoms with Crippen LogP contribution in [0, 0.1) is 11.7 Å². The van der Waals surface area contributed by atoms with Gasteiger partial charge in [-0.15, -0.1) is 0 Å². The summed E-state index contributed by atoms with van der Waals surface area (Å²) >= 11 is 0. The highest BCUT2D eigenvalue weighted by Crippen LogP contribution is 2.38. The van der Waals surface area contributed by atoms with Crippen molar-refractivity contribution in [2.75, 3.05) is 11.4 Å². The molecule has 0 radical (unpaired) electrons. The van der Waals surface area contributed by atoms with Gasteiger partial charge in [-0.3, -0.25) is 4.79 Å². The Hall–Kier alpha value is -2.17. The molecule has 0 aromatic heterocycles. The zero-order valence-corrected chi connectivity index (χ0v) is 11.4. The molecule has 5 heteroatoms. The van der Waals surface area contributed by atoms with E-state index in [0.717, 1.165) is 12.5 Å². The number of benzene rings is 1. The Labute approximate surface area is 116 Å². The van der Waals surface area contributed by atoms with E-state index in [1.54, 1.807) is 6.07 Å². The van der Waals surface area contributed by atoms with Gasteiger partial charge in [0.05, 0.1) is 11.3 Å². The zero-order valence-electron chi connectivity index (χ0n) is 11.4. The molecule has 1 aliphatic rings. The van der Waals surface area contributed by atoms with Gasteiger partial charge >= 0.3 is 5.97 Å². The molecule has 0 aliphatic carbocycles. The van der Waals surface area contributed by atoms with Gasteiger partial charge in [0.2, 0.25) is 0 Å². The van der Waals surface area contributed by atoms with E-state index in [1.165, 1.54) is 17.0 Å². The second-order valence-electron chi connectivity index (χ2n) is 5.17. The molecule has 1 aromatic carbocycles. The van der Waals surface area contributed by atoms with Gasteiger partial charge < -0.3 is 10.0 Å². The lowest BCUT2D eigenvalue weighted by Gasteiger charge is -2.18. The lowest BCUT2D eigenvalue weighted by atomic mass is 10.1. The molecular weight excluding hydrogens is 261 g/mol. The molecule has 1 N–H and O–H groups in total. The average molecular weight is 277 g/mol. The van der Waals surface area contributed by atoms with Crippen LogP contribution in [0.2, 0.25) is 0 Å². The van der Waals surface area contributed by atoms with Crippen molar-refractivity contribution in [2.24, 2.45) is 5.92 Å². The highest BCUT2D eigenvalue weighted by atomic mass is 19.1. The molecule has 0 unspecified atom stereocenters. The summed E-state index contributed by atoms with van der Waals surface area (Å²) in [5, 5.41) is 8.85. The van der Waals surface area contributed by atoms with Gasteiger partial charge in [0, 0.05) is 18.2 Å². The van der Waals surface area contributed by atoms with Crippen molar-refractivity contribution < 1.29 is 19.1 Å². The molecule has 0 saturated heterocycles. The Bertz CT molecular complexity index is 593. The van der Waals surface area contributed by atoms with Gasteiger partial charge in [0.1, 0.15) is 5.82 Å². The van der Waals surface area contributed by atoms with Crippen LogP contribution in [0.4, 0.5) is 10.1 Å². The smallest absolute Gasteiger partial charge is 0.329 e. The Kier molecular flexibility index (Phi) is 3.88. The number of amides is 1. The maximum absolute atomic E-state index is 14.0. The summed E-state index contributed by atoms with van der Waals surface area (Å²) in [5.74, 6) is -1.80. The SMILES string of the molecule is CC(C)CCN1C(=O)/C(=C/C(=O)O)c2cccc(F)c21. The van der Waals surface area contributed by atoms with E-state index in [2.05, 4.69) is 0 Å². The van der Waals surface area contributed by atoms with Crippen molar-refractivity contribution in [1.82, 2.24) is 0 Å². The molecule has 0 atom stereocenters. The Balaban J connectivity index is 2.47. The van der Waals surface area contributed by atoms with Crippen molar-refractivity contribution >= 4 is 23.1 Å². The van der Waals surface area contributed by atoms with Crippen LogP contribution in [0.1, 0.15) is 25.8 Å². The summed E-state index contributed by atoms with van der Waals surface area (Å²) in [6.45, 7) is 4.40. The molecule has 1 aliphatic heterocycles. The van der Waals surface area contributed by atoms with E-state index in [4.69, 9.17) is 5.11 Å². The number of hydrogen-bond acceptors (Lipinski definition) is 2. The van der Waals surface area contributed by atoms with Crippen molar-refractivity contribution in [1.29, 1.82) is 0 Å². The maximum Gasteiger partial charge on any atom is 0.329 e. The number of rotatable bonds is 4. The summed E-state index contributed by atoms with van der Waals surface area (Å²) in [4.78, 5) is 24.5. The molecule has 4 nitrogen and oxygen atoms in total. The molecule has 0 saturated carbocycles. The lowest BCUT2D eigenvalue weighted by Crippen LogP contribution is -2.29. The van der Waals surface area contributed by atoms with Crippen molar-refractivity contribution in [3.8, 4) is 0 Å². The van der Waals surface area contributed by atoms with Crippen LogP contribution >= 0.6 is 0 Å². The van der Waals surface area contributed by atoms with Crippen LogP contribution in [0.3, 0.4) is 0 Å². The molecule has 1 heterocycles. The van der Waals surface area contributed by atoms with Gasteiger partial charge in [-0.1, -0.05) is 26.0 Å². The summed E-state index contributed by atoms with van der Waals surface area (Å²) in [6, 6.07) is 4.32. The molecule has 0 fully saturated rings. The largest absolute Gasteiger partial charge is 0.478 e. The molecule has 106 valence electrons. The van der Waals surface area contributed by atoms with Crippen LogP contribution in [0.15, 0.2) is 24.3 Å². The molecule has 2 rings (SSSR count). The van der Waals surface area contributed by atoms with E-state index >= 15 is 0 Å². The number of halogens is 1. The minimum atomic E-state index is -1.21. The normalized spacial score (nSPS) is 16.1. The summed E-state index contributed by atoms with van der Waals surface area (Å²) in [5.41, 5.74) is 0.572. The van der Waals surface area contributed by atoms with Gasteiger partial charge in [-0.05, 0) is 18.4 Å². The topological polar surface area (TPSA) is 57.6 Å². The summed E-state index contributed by atoms with van der Waals surface area (Å²) < 4.78 is 14.0. The van der Waals surface area contributed by atoms with E-state index in [1.807, 2.05) is 13.8 Å². The van der Waals surface area contributed by atoms with Crippen LogP contribution < -0.4 is 4.90 Å². The first-order chi connectivity index (χ1) is 9.41. The first kappa shape index (κ1) is 14.2. The second-order valence-corrected chi connectivity index (χ2v) is 5.17. The van der Waals surface area contributed by atoms with E-state index in [0.29, 0.717) is 18.0 Å². The van der Waals surface area contributed by atoms with Crippen LogP contribution in [-0.4, -0.2) is 23.5 Å². The third-order valence-corrected chi connectivity index (χ3v) is 3.22. The number of nitrogens with zero attached hydrogens (tertiary/aromatic N) is 1. The number of carbonyl (C=O) groups excluding carboxylic acids is 1. The van der Waals surface area contributed by atoms with E-state index in [9.17, 15) is 14.0 Å². The minimum Gasteiger partial charge on any atom is -0.478 e.